The number of likely N-dealkylation sites (N-methyl/N-ethyl adjacent to an activating group) is 1. The second-order valence-corrected chi connectivity index (χ2v) is 25.6. The molecular weight excluding hydrogens is 972 g/mol. The number of aliphatic hydroxyl groups excluding tert-OH is 1. The SMILES string of the molecule is CCCCCCC/C=C\C/C=C\CCCCCCCCCCCCCC(=O)NC(COP(=O)(O)OCC[N+](C)(C)C)C(O)/C=C/CC/C=C/CCCCCCCCCCCCCCCCCCCCCCCCCCCC. The van der Waals surface area contributed by atoms with Crippen molar-refractivity contribution in [3.05, 3.63) is 48.6 Å². The normalized spacial score (nSPS) is 14.0. The maximum atomic E-state index is 13.0. The number of carbonyl (C=O) groups is 1. The third kappa shape index (κ3) is 61.9. The van der Waals surface area contributed by atoms with Crippen LogP contribution in [0.2, 0.25) is 0 Å². The van der Waals surface area contributed by atoms with Crippen LogP contribution in [0, 0.1) is 0 Å². The number of quaternary nitrogens is 1. The lowest BCUT2D eigenvalue weighted by Gasteiger charge is -2.25. The Morgan fingerprint density at radius 1 is 0.442 bits per heavy atom. The van der Waals surface area contributed by atoms with Gasteiger partial charge in [-0.15, -0.1) is 0 Å². The van der Waals surface area contributed by atoms with Crippen LogP contribution in [0.25, 0.3) is 0 Å². The molecule has 3 N–H and O–H groups in total. The minimum Gasteiger partial charge on any atom is -0.387 e. The summed E-state index contributed by atoms with van der Waals surface area (Å²) >= 11 is 0. The monoisotopic (exact) mass is 1100 g/mol. The fourth-order valence-electron chi connectivity index (χ4n) is 10.0. The van der Waals surface area contributed by atoms with E-state index in [1.807, 2.05) is 27.2 Å². The number of amides is 1. The summed E-state index contributed by atoms with van der Waals surface area (Å²) in [4.78, 5) is 23.4. The van der Waals surface area contributed by atoms with E-state index in [4.69, 9.17) is 9.05 Å². The molecule has 0 aromatic rings. The van der Waals surface area contributed by atoms with Crippen LogP contribution in [0.4, 0.5) is 0 Å². The van der Waals surface area contributed by atoms with E-state index >= 15 is 0 Å². The number of hydrogen-bond acceptors (Lipinski definition) is 5. The Hall–Kier alpha value is -1.54. The van der Waals surface area contributed by atoms with Gasteiger partial charge in [0, 0.05) is 6.42 Å². The van der Waals surface area contributed by atoms with Crippen LogP contribution in [-0.2, 0) is 18.4 Å². The van der Waals surface area contributed by atoms with Crippen molar-refractivity contribution < 1.29 is 32.9 Å². The summed E-state index contributed by atoms with van der Waals surface area (Å²) in [6.45, 7) is 4.83. The van der Waals surface area contributed by atoms with Crippen LogP contribution < -0.4 is 5.32 Å². The Bertz CT molecular complexity index is 1390. The standard InChI is InChI=1S/C68H131N2O6P/c1-6-8-10-12-14-16-18-20-22-24-26-28-30-31-32-33-34-35-36-37-38-40-41-43-45-47-49-51-53-55-57-59-61-67(71)66(65-76-77(73,74)75-64-63-70(3,4)5)69-68(72)62-60-58-56-54-52-50-48-46-44-42-39-29-27-25-23-21-19-17-15-13-11-9-7-2/h19,21,25,27,51,53,59,61,66-67,71H,6-18,20,22-24,26,28-50,52,54-58,60,62-65H2,1-5H3,(H-,69,72,73,74)/p+1/b21-19-,27-25-,53-51+,61-59+. The molecule has 0 aliphatic carbocycles. The zero-order chi connectivity index (χ0) is 56.3. The predicted octanol–water partition coefficient (Wildman–Crippen LogP) is 21.1. The molecule has 0 aliphatic heterocycles. The molecule has 3 unspecified atom stereocenters. The highest BCUT2D eigenvalue weighted by Crippen LogP contribution is 2.43. The zero-order valence-corrected chi connectivity index (χ0v) is 52.9. The molecule has 8 nitrogen and oxygen atoms in total. The molecular formula is C68H132N2O6P+. The first-order chi connectivity index (χ1) is 37.5. The first kappa shape index (κ1) is 75.5. The minimum absolute atomic E-state index is 0.0555. The molecule has 0 saturated heterocycles. The van der Waals surface area contributed by atoms with Gasteiger partial charge in [0.25, 0.3) is 0 Å². The first-order valence-corrected chi connectivity index (χ1v) is 35.0. The van der Waals surface area contributed by atoms with Crippen molar-refractivity contribution in [1.82, 2.24) is 5.32 Å². The summed E-state index contributed by atoms with van der Waals surface area (Å²) in [6.07, 6.45) is 79.7. The number of rotatable bonds is 62. The van der Waals surface area contributed by atoms with Crippen LogP contribution >= 0.6 is 7.82 Å². The molecule has 0 spiro atoms. The van der Waals surface area contributed by atoms with E-state index in [1.165, 1.54) is 263 Å². The molecule has 454 valence electrons. The lowest BCUT2D eigenvalue weighted by atomic mass is 10.0. The molecule has 0 heterocycles. The summed E-state index contributed by atoms with van der Waals surface area (Å²) in [5.41, 5.74) is 0. The molecule has 0 fully saturated rings. The van der Waals surface area contributed by atoms with Crippen molar-refractivity contribution in [2.45, 2.75) is 341 Å². The highest BCUT2D eigenvalue weighted by Gasteiger charge is 2.28. The summed E-state index contributed by atoms with van der Waals surface area (Å²) in [5, 5.41) is 14.0. The fraction of sp³-hybridized carbons (Fsp3) is 0.868. The number of unbranched alkanes of at least 4 members (excludes halogenated alkanes) is 43. The second kappa shape index (κ2) is 59.1. The topological polar surface area (TPSA) is 105 Å². The van der Waals surface area contributed by atoms with E-state index in [0.717, 1.165) is 44.9 Å². The molecule has 1 amide bonds. The zero-order valence-electron chi connectivity index (χ0n) is 52.0. The van der Waals surface area contributed by atoms with Crippen LogP contribution in [0.5, 0.6) is 0 Å². The van der Waals surface area contributed by atoms with Gasteiger partial charge in [-0.3, -0.25) is 13.8 Å². The van der Waals surface area contributed by atoms with E-state index in [-0.39, 0.29) is 19.1 Å². The number of aliphatic hydroxyl groups is 1. The Balaban J connectivity index is 4.12. The number of phosphoric acid groups is 1. The summed E-state index contributed by atoms with van der Waals surface area (Å²) in [6, 6.07) is -0.867. The van der Waals surface area contributed by atoms with E-state index in [9.17, 15) is 19.4 Å². The molecule has 9 heteroatoms. The Labute approximate surface area is 479 Å². The van der Waals surface area contributed by atoms with E-state index in [1.54, 1.807) is 6.08 Å². The Morgan fingerprint density at radius 2 is 0.753 bits per heavy atom. The number of nitrogens with zero attached hydrogens (tertiary/aromatic N) is 1. The summed E-state index contributed by atoms with van der Waals surface area (Å²) in [7, 11) is 1.56. The number of hydrogen-bond donors (Lipinski definition) is 3. The predicted molar refractivity (Wildman–Crippen MR) is 337 cm³/mol. The number of nitrogens with one attached hydrogen (secondary N) is 1. The van der Waals surface area contributed by atoms with Crippen LogP contribution in [0.1, 0.15) is 328 Å². The van der Waals surface area contributed by atoms with E-state index in [0.29, 0.717) is 17.4 Å². The van der Waals surface area contributed by atoms with Gasteiger partial charge in [-0.1, -0.05) is 306 Å². The average Bonchev–Trinajstić information content (AvgIpc) is 3.39. The van der Waals surface area contributed by atoms with Crippen molar-refractivity contribution in [2.75, 3.05) is 40.9 Å². The summed E-state index contributed by atoms with van der Waals surface area (Å²) in [5.74, 6) is -0.186. The third-order valence-corrected chi connectivity index (χ3v) is 16.3. The van der Waals surface area contributed by atoms with E-state index in [2.05, 4.69) is 55.6 Å². The van der Waals surface area contributed by atoms with Gasteiger partial charge in [0.15, 0.2) is 0 Å². The molecule has 0 radical (unpaired) electrons. The fourth-order valence-corrected chi connectivity index (χ4v) is 10.8. The largest absolute Gasteiger partial charge is 0.472 e. The molecule has 0 aliphatic rings. The van der Waals surface area contributed by atoms with Crippen molar-refractivity contribution in [3.63, 3.8) is 0 Å². The molecule has 3 atom stereocenters. The van der Waals surface area contributed by atoms with Crippen molar-refractivity contribution in [1.29, 1.82) is 0 Å². The number of phosphoric ester groups is 1. The maximum absolute atomic E-state index is 13.0. The molecule has 0 bridgehead atoms. The van der Waals surface area contributed by atoms with Gasteiger partial charge < -0.3 is 19.8 Å². The third-order valence-electron chi connectivity index (χ3n) is 15.3. The van der Waals surface area contributed by atoms with Gasteiger partial charge in [-0.25, -0.2) is 4.57 Å². The smallest absolute Gasteiger partial charge is 0.387 e. The lowest BCUT2D eigenvalue weighted by Crippen LogP contribution is -2.45. The highest BCUT2D eigenvalue weighted by molar-refractivity contribution is 7.47. The molecule has 0 aromatic carbocycles. The van der Waals surface area contributed by atoms with Crippen molar-refractivity contribution >= 4 is 13.7 Å². The van der Waals surface area contributed by atoms with Crippen LogP contribution in [0.3, 0.4) is 0 Å². The van der Waals surface area contributed by atoms with Crippen molar-refractivity contribution in [3.8, 4) is 0 Å². The van der Waals surface area contributed by atoms with Crippen LogP contribution in [0.15, 0.2) is 48.6 Å². The van der Waals surface area contributed by atoms with Gasteiger partial charge >= 0.3 is 7.82 Å². The Morgan fingerprint density at radius 3 is 1.12 bits per heavy atom. The quantitative estimate of drug-likeness (QED) is 0.0243. The molecule has 0 rings (SSSR count). The number of carbonyl (C=O) groups excluding carboxylic acids is 1. The molecule has 0 aromatic heterocycles. The minimum atomic E-state index is -4.36. The van der Waals surface area contributed by atoms with Gasteiger partial charge in [-0.2, -0.15) is 0 Å². The average molecular weight is 1100 g/mol. The lowest BCUT2D eigenvalue weighted by molar-refractivity contribution is -0.870. The summed E-state index contributed by atoms with van der Waals surface area (Å²) < 4.78 is 23.8. The van der Waals surface area contributed by atoms with Gasteiger partial charge in [0.05, 0.1) is 39.9 Å². The van der Waals surface area contributed by atoms with Gasteiger partial charge in [0.1, 0.15) is 13.2 Å². The van der Waals surface area contributed by atoms with Gasteiger partial charge in [-0.05, 0) is 64.2 Å². The number of allylic oxidation sites excluding steroid dienone is 7. The Kier molecular flexibility index (Phi) is 57.9. The molecule has 77 heavy (non-hydrogen) atoms. The van der Waals surface area contributed by atoms with Crippen LogP contribution in [-0.4, -0.2) is 73.4 Å². The second-order valence-electron chi connectivity index (χ2n) is 24.2. The van der Waals surface area contributed by atoms with Crippen molar-refractivity contribution in [2.24, 2.45) is 0 Å². The highest BCUT2D eigenvalue weighted by atomic mass is 31.2. The first-order valence-electron chi connectivity index (χ1n) is 33.5. The maximum Gasteiger partial charge on any atom is 0.472 e. The van der Waals surface area contributed by atoms with Gasteiger partial charge in [0.2, 0.25) is 5.91 Å². The molecule has 0 saturated carbocycles. The van der Waals surface area contributed by atoms with E-state index < -0.39 is 20.0 Å².